The van der Waals surface area contributed by atoms with Crippen LogP contribution in [0.4, 0.5) is 0 Å². The van der Waals surface area contributed by atoms with Crippen molar-refractivity contribution in [3.05, 3.63) is 34.9 Å². The minimum Gasteiger partial charge on any atom is -0.388 e. The van der Waals surface area contributed by atoms with Crippen molar-refractivity contribution in [1.29, 1.82) is 0 Å². The third-order valence-electron chi connectivity index (χ3n) is 2.56. The molecule has 0 heterocycles. The zero-order chi connectivity index (χ0) is 11.5. The highest BCUT2D eigenvalue weighted by molar-refractivity contribution is 6.30. The second kappa shape index (κ2) is 4.97. The van der Waals surface area contributed by atoms with Gasteiger partial charge in [-0.1, -0.05) is 37.6 Å². The van der Waals surface area contributed by atoms with Gasteiger partial charge in [-0.05, 0) is 24.7 Å². The van der Waals surface area contributed by atoms with Gasteiger partial charge in [0.2, 0.25) is 0 Å². The van der Waals surface area contributed by atoms with Crippen molar-refractivity contribution in [1.82, 2.24) is 5.32 Å². The zero-order valence-electron chi connectivity index (χ0n) is 9.42. The molecular formula is C12H18ClNO. The van der Waals surface area contributed by atoms with Gasteiger partial charge < -0.3 is 10.4 Å². The summed E-state index contributed by atoms with van der Waals surface area (Å²) in [6.07, 6.45) is -0.484. The van der Waals surface area contributed by atoms with Gasteiger partial charge >= 0.3 is 0 Å². The summed E-state index contributed by atoms with van der Waals surface area (Å²) >= 11 is 5.80. The predicted octanol–water partition coefficient (Wildman–Crippen LogP) is 2.62. The molecule has 1 atom stereocenters. The molecule has 1 unspecified atom stereocenters. The van der Waals surface area contributed by atoms with E-state index in [9.17, 15) is 5.11 Å². The molecule has 0 aliphatic carbocycles. The number of benzene rings is 1. The van der Waals surface area contributed by atoms with E-state index in [1.165, 1.54) is 0 Å². The maximum absolute atomic E-state index is 10.2. The van der Waals surface area contributed by atoms with Crippen LogP contribution in [0.3, 0.4) is 0 Å². The third-order valence-corrected chi connectivity index (χ3v) is 2.81. The molecule has 0 amide bonds. The Labute approximate surface area is 96.3 Å². The Balaban J connectivity index is 2.84. The lowest BCUT2D eigenvalue weighted by atomic mass is 9.82. The molecule has 0 bridgehead atoms. The van der Waals surface area contributed by atoms with E-state index in [0.717, 1.165) is 12.1 Å². The van der Waals surface area contributed by atoms with Crippen LogP contribution in [0.5, 0.6) is 0 Å². The molecule has 1 rings (SSSR count). The van der Waals surface area contributed by atoms with Crippen molar-refractivity contribution in [2.24, 2.45) is 5.41 Å². The summed E-state index contributed by atoms with van der Waals surface area (Å²) in [4.78, 5) is 0. The van der Waals surface area contributed by atoms with Crippen LogP contribution in [0.25, 0.3) is 0 Å². The van der Waals surface area contributed by atoms with E-state index in [4.69, 9.17) is 11.6 Å². The van der Waals surface area contributed by atoms with Gasteiger partial charge in [0.15, 0.2) is 0 Å². The van der Waals surface area contributed by atoms with Gasteiger partial charge in [-0.15, -0.1) is 0 Å². The molecule has 0 saturated carbocycles. The molecule has 0 fully saturated rings. The van der Waals surface area contributed by atoms with Crippen LogP contribution < -0.4 is 5.32 Å². The molecule has 2 nitrogen and oxygen atoms in total. The maximum atomic E-state index is 10.2. The van der Waals surface area contributed by atoms with Gasteiger partial charge in [-0.25, -0.2) is 0 Å². The molecule has 84 valence electrons. The zero-order valence-corrected chi connectivity index (χ0v) is 10.2. The second-order valence-corrected chi connectivity index (χ2v) is 4.91. The number of hydrogen-bond donors (Lipinski definition) is 2. The summed E-state index contributed by atoms with van der Waals surface area (Å²) in [5, 5.41) is 14.0. The van der Waals surface area contributed by atoms with E-state index in [0.29, 0.717) is 5.02 Å². The number of rotatable bonds is 4. The average Bonchev–Trinajstić information content (AvgIpc) is 2.18. The topological polar surface area (TPSA) is 32.3 Å². The molecule has 0 radical (unpaired) electrons. The minimum atomic E-state index is -0.484. The monoisotopic (exact) mass is 227 g/mol. The molecular weight excluding hydrogens is 210 g/mol. The fraction of sp³-hybridized carbons (Fsp3) is 0.500. The highest BCUT2D eigenvalue weighted by Gasteiger charge is 2.28. The van der Waals surface area contributed by atoms with Crippen molar-refractivity contribution in [3.63, 3.8) is 0 Å². The SMILES string of the molecule is CNCC(C)(C)C(O)c1ccc(Cl)cc1. The number of aliphatic hydroxyl groups is 1. The smallest absolute Gasteiger partial charge is 0.0853 e. The van der Waals surface area contributed by atoms with Crippen LogP contribution >= 0.6 is 11.6 Å². The van der Waals surface area contributed by atoms with Crippen LogP contribution in [0.1, 0.15) is 25.5 Å². The Morgan fingerprint density at radius 2 is 1.87 bits per heavy atom. The number of halogens is 1. The largest absolute Gasteiger partial charge is 0.388 e. The van der Waals surface area contributed by atoms with Gasteiger partial charge in [0.05, 0.1) is 6.10 Å². The van der Waals surface area contributed by atoms with Crippen molar-refractivity contribution in [2.75, 3.05) is 13.6 Å². The summed E-state index contributed by atoms with van der Waals surface area (Å²) in [6, 6.07) is 7.33. The fourth-order valence-electron chi connectivity index (χ4n) is 1.65. The number of hydrogen-bond acceptors (Lipinski definition) is 2. The molecule has 0 aliphatic rings. The Morgan fingerprint density at radius 3 is 2.33 bits per heavy atom. The summed E-state index contributed by atoms with van der Waals surface area (Å²) in [5.41, 5.74) is 0.711. The van der Waals surface area contributed by atoms with Crippen molar-refractivity contribution in [2.45, 2.75) is 20.0 Å². The van der Waals surface area contributed by atoms with Crippen LogP contribution in [0.2, 0.25) is 5.02 Å². The summed E-state index contributed by atoms with van der Waals surface area (Å²) in [6.45, 7) is 4.82. The lowest BCUT2D eigenvalue weighted by molar-refractivity contribution is 0.0506. The van der Waals surface area contributed by atoms with E-state index in [-0.39, 0.29) is 5.41 Å². The Morgan fingerprint density at radius 1 is 1.33 bits per heavy atom. The number of nitrogens with one attached hydrogen (secondary N) is 1. The Bertz CT molecular complexity index is 308. The molecule has 2 N–H and O–H groups in total. The van der Waals surface area contributed by atoms with E-state index in [1.54, 1.807) is 12.1 Å². The van der Waals surface area contributed by atoms with Gasteiger partial charge in [0.25, 0.3) is 0 Å². The molecule has 0 aliphatic heterocycles. The molecule has 0 saturated heterocycles. The van der Waals surface area contributed by atoms with Crippen LogP contribution in [0.15, 0.2) is 24.3 Å². The van der Waals surface area contributed by atoms with Gasteiger partial charge in [0.1, 0.15) is 0 Å². The molecule has 0 aromatic heterocycles. The summed E-state index contributed by atoms with van der Waals surface area (Å²) in [7, 11) is 1.89. The fourth-order valence-corrected chi connectivity index (χ4v) is 1.77. The molecule has 15 heavy (non-hydrogen) atoms. The van der Waals surface area contributed by atoms with Gasteiger partial charge in [-0.2, -0.15) is 0 Å². The van der Waals surface area contributed by atoms with E-state index in [1.807, 2.05) is 33.0 Å². The standard InChI is InChI=1S/C12H18ClNO/c1-12(2,8-14-3)11(15)9-4-6-10(13)7-5-9/h4-7,11,14-15H,8H2,1-3H3. The van der Waals surface area contributed by atoms with E-state index < -0.39 is 6.10 Å². The lowest BCUT2D eigenvalue weighted by Crippen LogP contribution is -2.32. The van der Waals surface area contributed by atoms with E-state index >= 15 is 0 Å². The first-order chi connectivity index (χ1) is 6.97. The molecule has 1 aromatic rings. The highest BCUT2D eigenvalue weighted by Crippen LogP contribution is 2.32. The predicted molar refractivity (Wildman–Crippen MR) is 64.1 cm³/mol. The number of aliphatic hydroxyl groups excluding tert-OH is 1. The van der Waals surface area contributed by atoms with Crippen molar-refractivity contribution >= 4 is 11.6 Å². The first kappa shape index (κ1) is 12.5. The van der Waals surface area contributed by atoms with Crippen LogP contribution in [-0.4, -0.2) is 18.7 Å². The van der Waals surface area contributed by atoms with Crippen LogP contribution in [-0.2, 0) is 0 Å². The molecule has 3 heteroatoms. The van der Waals surface area contributed by atoms with Crippen molar-refractivity contribution in [3.8, 4) is 0 Å². The highest BCUT2D eigenvalue weighted by atomic mass is 35.5. The van der Waals surface area contributed by atoms with Crippen LogP contribution in [0, 0.1) is 5.41 Å². The van der Waals surface area contributed by atoms with Gasteiger partial charge in [0, 0.05) is 17.0 Å². The minimum absolute atomic E-state index is 0.192. The van der Waals surface area contributed by atoms with E-state index in [2.05, 4.69) is 5.32 Å². The maximum Gasteiger partial charge on any atom is 0.0853 e. The lowest BCUT2D eigenvalue weighted by Gasteiger charge is -2.30. The quantitative estimate of drug-likeness (QED) is 0.829. The third kappa shape index (κ3) is 3.20. The molecule has 1 aromatic carbocycles. The normalized spacial score (nSPS) is 13.9. The first-order valence-electron chi connectivity index (χ1n) is 5.05. The first-order valence-corrected chi connectivity index (χ1v) is 5.43. The molecule has 0 spiro atoms. The second-order valence-electron chi connectivity index (χ2n) is 4.47. The average molecular weight is 228 g/mol. The Kier molecular flexibility index (Phi) is 4.14. The summed E-state index contributed by atoms with van der Waals surface area (Å²) in [5.74, 6) is 0. The van der Waals surface area contributed by atoms with Crippen molar-refractivity contribution < 1.29 is 5.11 Å². The summed E-state index contributed by atoms with van der Waals surface area (Å²) < 4.78 is 0. The Hall–Kier alpha value is -0.570. The van der Waals surface area contributed by atoms with Gasteiger partial charge in [-0.3, -0.25) is 0 Å².